The molecule has 0 saturated carbocycles. The molecule has 4 fully saturated rings. The van der Waals surface area contributed by atoms with Crippen molar-refractivity contribution in [3.8, 4) is 0 Å². The lowest BCUT2D eigenvalue weighted by Crippen LogP contribution is -2.64. The monoisotopic (exact) mass is 223 g/mol. The molecule has 4 aliphatic heterocycles. The molecule has 0 amide bonds. The van der Waals surface area contributed by atoms with E-state index in [1.54, 1.807) is 0 Å². The Morgan fingerprint density at radius 3 is 2.44 bits per heavy atom. The van der Waals surface area contributed by atoms with E-state index in [0.717, 1.165) is 18.0 Å². The van der Waals surface area contributed by atoms with Crippen molar-refractivity contribution in [2.75, 3.05) is 32.7 Å². The lowest BCUT2D eigenvalue weighted by molar-refractivity contribution is -0.0249. The summed E-state index contributed by atoms with van der Waals surface area (Å²) in [6, 6.07) is 2.25. The Morgan fingerprint density at radius 2 is 1.81 bits per heavy atom. The Hall–Kier alpha value is -0.120. The van der Waals surface area contributed by atoms with E-state index in [1.807, 2.05) is 0 Å². The molecule has 0 aromatic heterocycles. The molecule has 92 valence electrons. The zero-order valence-corrected chi connectivity index (χ0v) is 10.7. The highest BCUT2D eigenvalue weighted by atomic mass is 15.3. The maximum atomic E-state index is 3.59. The van der Waals surface area contributed by atoms with E-state index in [1.165, 1.54) is 45.6 Å². The number of nitrogens with one attached hydrogen (secondary N) is 1. The van der Waals surface area contributed by atoms with Gasteiger partial charge in [-0.15, -0.1) is 0 Å². The fraction of sp³-hybridized carbons (Fsp3) is 1.00. The number of hydrogen-bond donors (Lipinski definition) is 1. The lowest BCUT2D eigenvalue weighted by Gasteiger charge is -2.52. The molecule has 4 heterocycles. The first-order chi connectivity index (χ1) is 7.74. The van der Waals surface area contributed by atoms with Crippen LogP contribution in [0.15, 0.2) is 0 Å². The SMILES string of the molecule is CC1CN(C2CN3CCC2CC3)C(C)CN1. The summed E-state index contributed by atoms with van der Waals surface area (Å²) < 4.78 is 0. The normalized spacial score (nSPS) is 49.5. The van der Waals surface area contributed by atoms with Crippen molar-refractivity contribution in [3.05, 3.63) is 0 Å². The molecule has 4 aliphatic rings. The molecule has 3 unspecified atom stereocenters. The predicted octanol–water partition coefficient (Wildman–Crippen LogP) is 0.763. The third-order valence-electron chi connectivity index (χ3n) is 4.86. The summed E-state index contributed by atoms with van der Waals surface area (Å²) in [6.45, 7) is 11.2. The predicted molar refractivity (Wildman–Crippen MR) is 66.6 cm³/mol. The smallest absolute Gasteiger partial charge is 0.0256 e. The first-order valence-electron chi connectivity index (χ1n) is 6.95. The first kappa shape index (κ1) is 11.0. The van der Waals surface area contributed by atoms with Crippen LogP contribution in [-0.2, 0) is 0 Å². The van der Waals surface area contributed by atoms with Crippen molar-refractivity contribution in [2.24, 2.45) is 5.92 Å². The molecular weight excluding hydrogens is 198 g/mol. The zero-order chi connectivity index (χ0) is 11.1. The Bertz CT molecular complexity index is 246. The van der Waals surface area contributed by atoms with Gasteiger partial charge in [-0.3, -0.25) is 4.90 Å². The number of nitrogens with zero attached hydrogens (tertiary/aromatic N) is 2. The van der Waals surface area contributed by atoms with Crippen LogP contribution in [0.25, 0.3) is 0 Å². The van der Waals surface area contributed by atoms with Crippen LogP contribution in [0.4, 0.5) is 0 Å². The molecule has 0 aliphatic carbocycles. The van der Waals surface area contributed by atoms with E-state index in [9.17, 15) is 0 Å². The van der Waals surface area contributed by atoms with Gasteiger partial charge < -0.3 is 10.2 Å². The van der Waals surface area contributed by atoms with Crippen molar-refractivity contribution in [2.45, 2.75) is 44.8 Å². The van der Waals surface area contributed by atoms with E-state index >= 15 is 0 Å². The third kappa shape index (κ3) is 1.89. The minimum Gasteiger partial charge on any atom is -0.311 e. The van der Waals surface area contributed by atoms with Gasteiger partial charge in [-0.2, -0.15) is 0 Å². The Kier molecular flexibility index (Phi) is 2.94. The van der Waals surface area contributed by atoms with Gasteiger partial charge in [0.1, 0.15) is 0 Å². The average Bonchev–Trinajstić information content (AvgIpc) is 2.34. The maximum Gasteiger partial charge on any atom is 0.0256 e. The maximum absolute atomic E-state index is 3.59. The largest absolute Gasteiger partial charge is 0.311 e. The van der Waals surface area contributed by atoms with Crippen LogP contribution in [0.3, 0.4) is 0 Å². The molecule has 4 rings (SSSR count). The summed E-state index contributed by atoms with van der Waals surface area (Å²) >= 11 is 0. The first-order valence-corrected chi connectivity index (χ1v) is 6.95. The lowest BCUT2D eigenvalue weighted by atomic mass is 9.82. The Balaban J connectivity index is 1.71. The van der Waals surface area contributed by atoms with Crippen LogP contribution in [0.5, 0.6) is 0 Å². The minimum absolute atomic E-state index is 0.673. The Labute approximate surface area is 99.2 Å². The van der Waals surface area contributed by atoms with Gasteiger partial charge in [-0.1, -0.05) is 0 Å². The van der Waals surface area contributed by atoms with Crippen molar-refractivity contribution in [3.63, 3.8) is 0 Å². The van der Waals surface area contributed by atoms with E-state index < -0.39 is 0 Å². The molecule has 0 radical (unpaired) electrons. The molecule has 3 atom stereocenters. The van der Waals surface area contributed by atoms with Crippen LogP contribution < -0.4 is 5.32 Å². The Morgan fingerprint density at radius 1 is 1.06 bits per heavy atom. The van der Waals surface area contributed by atoms with Gasteiger partial charge in [0.25, 0.3) is 0 Å². The van der Waals surface area contributed by atoms with E-state index in [-0.39, 0.29) is 0 Å². The summed E-state index contributed by atoms with van der Waals surface area (Å²) in [5, 5.41) is 3.59. The van der Waals surface area contributed by atoms with Gasteiger partial charge in [0, 0.05) is 37.8 Å². The number of piperazine rings is 1. The van der Waals surface area contributed by atoms with E-state index in [2.05, 4.69) is 29.0 Å². The summed E-state index contributed by atoms with van der Waals surface area (Å²) in [5.74, 6) is 0.984. The number of fused-ring (bicyclic) bond motifs is 3. The number of piperidine rings is 3. The van der Waals surface area contributed by atoms with Gasteiger partial charge in [0.15, 0.2) is 0 Å². The molecule has 1 N–H and O–H groups in total. The third-order valence-corrected chi connectivity index (χ3v) is 4.86. The van der Waals surface area contributed by atoms with Crippen LogP contribution in [-0.4, -0.2) is 60.6 Å². The zero-order valence-electron chi connectivity index (χ0n) is 10.7. The quantitative estimate of drug-likeness (QED) is 0.708. The fourth-order valence-electron chi connectivity index (χ4n) is 3.82. The second-order valence-electron chi connectivity index (χ2n) is 6.06. The molecular formula is C13H25N3. The van der Waals surface area contributed by atoms with Crippen LogP contribution in [0.2, 0.25) is 0 Å². The summed E-state index contributed by atoms with van der Waals surface area (Å²) in [4.78, 5) is 5.46. The summed E-state index contributed by atoms with van der Waals surface area (Å²) in [7, 11) is 0. The second kappa shape index (κ2) is 4.28. The topological polar surface area (TPSA) is 18.5 Å². The highest BCUT2D eigenvalue weighted by molar-refractivity contribution is 4.96. The van der Waals surface area contributed by atoms with E-state index in [0.29, 0.717) is 6.04 Å². The minimum atomic E-state index is 0.673. The second-order valence-corrected chi connectivity index (χ2v) is 6.06. The summed E-state index contributed by atoms with van der Waals surface area (Å²) in [5.41, 5.74) is 0. The van der Waals surface area contributed by atoms with E-state index in [4.69, 9.17) is 0 Å². The molecule has 3 heteroatoms. The molecule has 0 spiro atoms. The van der Waals surface area contributed by atoms with Crippen molar-refractivity contribution >= 4 is 0 Å². The average molecular weight is 223 g/mol. The highest BCUT2D eigenvalue weighted by Crippen LogP contribution is 2.32. The number of rotatable bonds is 1. The van der Waals surface area contributed by atoms with Crippen LogP contribution in [0, 0.1) is 5.92 Å². The standard InChI is InChI=1S/C13H25N3/c1-10-8-16(11(2)7-14-10)13-9-15-5-3-12(13)4-6-15/h10-14H,3-9H2,1-2H3. The molecule has 4 saturated heterocycles. The number of hydrogen-bond acceptors (Lipinski definition) is 3. The molecule has 0 aromatic carbocycles. The molecule has 2 bridgehead atoms. The van der Waals surface area contributed by atoms with Gasteiger partial charge in [-0.25, -0.2) is 0 Å². The molecule has 0 aromatic rings. The van der Waals surface area contributed by atoms with Gasteiger partial charge in [0.05, 0.1) is 0 Å². The van der Waals surface area contributed by atoms with Crippen LogP contribution >= 0.6 is 0 Å². The molecule has 3 nitrogen and oxygen atoms in total. The van der Waals surface area contributed by atoms with Crippen molar-refractivity contribution < 1.29 is 0 Å². The van der Waals surface area contributed by atoms with Crippen molar-refractivity contribution in [1.82, 2.24) is 15.1 Å². The van der Waals surface area contributed by atoms with Gasteiger partial charge >= 0.3 is 0 Å². The van der Waals surface area contributed by atoms with Gasteiger partial charge in [-0.05, 0) is 45.7 Å². The molecule has 16 heavy (non-hydrogen) atoms. The highest BCUT2D eigenvalue weighted by Gasteiger charge is 2.40. The van der Waals surface area contributed by atoms with Gasteiger partial charge in [0.2, 0.25) is 0 Å². The fourth-order valence-corrected chi connectivity index (χ4v) is 3.82. The summed E-state index contributed by atoms with van der Waals surface area (Å²) in [6.07, 6.45) is 2.88. The van der Waals surface area contributed by atoms with Crippen LogP contribution in [0.1, 0.15) is 26.7 Å². The van der Waals surface area contributed by atoms with Crippen molar-refractivity contribution in [1.29, 1.82) is 0 Å².